The summed E-state index contributed by atoms with van der Waals surface area (Å²) in [5, 5.41) is 4.64. The Balaban J connectivity index is 1.76. The number of nitrogens with one attached hydrogen (secondary N) is 2. The number of carbonyl (C=O) groups excluding carboxylic acids is 1. The van der Waals surface area contributed by atoms with Gasteiger partial charge in [-0.25, -0.2) is 4.79 Å². The summed E-state index contributed by atoms with van der Waals surface area (Å²) in [4.78, 5) is 37.5. The van der Waals surface area contributed by atoms with Gasteiger partial charge in [0, 0.05) is 17.8 Å². The lowest BCUT2D eigenvalue weighted by Crippen LogP contribution is -2.37. The van der Waals surface area contributed by atoms with Crippen LogP contribution in [0.4, 0.5) is 13.2 Å². The van der Waals surface area contributed by atoms with Gasteiger partial charge in [-0.1, -0.05) is 35.9 Å². The van der Waals surface area contributed by atoms with Crippen molar-refractivity contribution in [3.8, 4) is 0 Å². The van der Waals surface area contributed by atoms with Gasteiger partial charge in [0.15, 0.2) is 0 Å². The molecule has 0 unspecified atom stereocenters. The Bertz CT molecular complexity index is 1190. The molecule has 29 heavy (non-hydrogen) atoms. The molecule has 3 rings (SSSR count). The zero-order valence-electron chi connectivity index (χ0n) is 14.8. The maximum atomic E-state index is 12.5. The van der Waals surface area contributed by atoms with Crippen LogP contribution in [0, 0.1) is 0 Å². The summed E-state index contributed by atoms with van der Waals surface area (Å²) in [6, 6.07) is 10.8. The number of hydrogen-bond donors (Lipinski definition) is 2. The van der Waals surface area contributed by atoms with E-state index in [1.807, 2.05) is 29.2 Å². The standard InChI is InChI=1S/C19H15ClF3N3O3/c20-14-5-11-3-1-2-4-15(11)12(6-14)7-16(27)24-8-13-9-26(10-19(21,22)23)18(29)25-17(13)28/h1-6,9H,7-8,10H2,(H,24,27)(H,25,28,29). The third kappa shape index (κ3) is 5.26. The maximum Gasteiger partial charge on any atom is 0.406 e. The van der Waals surface area contributed by atoms with Gasteiger partial charge >= 0.3 is 11.9 Å². The third-order valence-corrected chi connectivity index (χ3v) is 4.39. The molecule has 1 amide bonds. The van der Waals surface area contributed by atoms with Gasteiger partial charge in [-0.3, -0.25) is 19.1 Å². The highest BCUT2D eigenvalue weighted by Crippen LogP contribution is 2.24. The largest absolute Gasteiger partial charge is 0.406 e. The molecule has 152 valence electrons. The Morgan fingerprint density at radius 1 is 1.14 bits per heavy atom. The molecule has 10 heteroatoms. The number of halogens is 4. The van der Waals surface area contributed by atoms with Crippen molar-refractivity contribution >= 4 is 28.3 Å². The van der Waals surface area contributed by atoms with E-state index in [1.165, 1.54) is 0 Å². The lowest BCUT2D eigenvalue weighted by atomic mass is 10.0. The van der Waals surface area contributed by atoms with E-state index in [9.17, 15) is 27.6 Å². The minimum atomic E-state index is -4.63. The Morgan fingerprint density at radius 2 is 1.86 bits per heavy atom. The van der Waals surface area contributed by atoms with Gasteiger partial charge in [-0.15, -0.1) is 0 Å². The SMILES string of the molecule is O=C(Cc1cc(Cl)cc2ccccc12)NCc1cn(CC(F)(F)F)c(=O)[nH]c1=O. The van der Waals surface area contributed by atoms with E-state index in [2.05, 4.69) is 5.32 Å². The second kappa shape index (κ2) is 8.12. The van der Waals surface area contributed by atoms with Gasteiger partial charge in [0.05, 0.1) is 12.0 Å². The fourth-order valence-corrected chi connectivity index (χ4v) is 3.17. The number of alkyl halides is 3. The van der Waals surface area contributed by atoms with Crippen molar-refractivity contribution in [2.24, 2.45) is 0 Å². The molecule has 2 aromatic carbocycles. The summed E-state index contributed by atoms with van der Waals surface area (Å²) in [5.41, 5.74) is -1.53. The van der Waals surface area contributed by atoms with Crippen LogP contribution in [0.15, 0.2) is 52.2 Å². The predicted molar refractivity (Wildman–Crippen MR) is 102 cm³/mol. The molecule has 0 fully saturated rings. The van der Waals surface area contributed by atoms with Gasteiger partial charge in [-0.2, -0.15) is 13.2 Å². The van der Waals surface area contributed by atoms with Crippen LogP contribution in [0.2, 0.25) is 5.02 Å². The minimum absolute atomic E-state index is 0.0405. The summed E-state index contributed by atoms with van der Waals surface area (Å²) in [5.74, 6) is -0.453. The number of hydrogen-bond acceptors (Lipinski definition) is 3. The molecule has 2 N–H and O–H groups in total. The van der Waals surface area contributed by atoms with E-state index in [0.29, 0.717) is 15.2 Å². The van der Waals surface area contributed by atoms with Crippen LogP contribution in [-0.2, 0) is 24.3 Å². The highest BCUT2D eigenvalue weighted by Gasteiger charge is 2.28. The van der Waals surface area contributed by atoms with E-state index in [4.69, 9.17) is 11.6 Å². The van der Waals surface area contributed by atoms with Crippen LogP contribution < -0.4 is 16.6 Å². The highest BCUT2D eigenvalue weighted by atomic mass is 35.5. The smallest absolute Gasteiger partial charge is 0.351 e. The van der Waals surface area contributed by atoms with Crippen LogP contribution in [0.25, 0.3) is 10.8 Å². The Kier molecular flexibility index (Phi) is 5.78. The normalized spacial score (nSPS) is 11.6. The average molecular weight is 426 g/mol. The third-order valence-electron chi connectivity index (χ3n) is 4.17. The Labute approximate surface area is 166 Å². The monoisotopic (exact) mass is 425 g/mol. The van der Waals surface area contributed by atoms with E-state index in [-0.39, 0.29) is 18.5 Å². The first-order valence-electron chi connectivity index (χ1n) is 8.45. The van der Waals surface area contributed by atoms with Crippen LogP contribution in [0.1, 0.15) is 11.1 Å². The van der Waals surface area contributed by atoms with Crippen molar-refractivity contribution < 1.29 is 18.0 Å². The summed E-state index contributed by atoms with van der Waals surface area (Å²) in [6.07, 6.45) is -3.87. The van der Waals surface area contributed by atoms with Crippen molar-refractivity contribution in [2.45, 2.75) is 25.7 Å². The molecule has 0 radical (unpaired) electrons. The molecule has 1 heterocycles. The molecule has 0 atom stereocenters. The fraction of sp³-hybridized carbons (Fsp3) is 0.211. The Hall–Kier alpha value is -3.07. The van der Waals surface area contributed by atoms with Crippen LogP contribution in [0.3, 0.4) is 0 Å². The summed E-state index contributed by atoms with van der Waals surface area (Å²) >= 11 is 6.08. The molecule has 0 saturated carbocycles. The molecule has 0 spiro atoms. The molecule has 1 aromatic heterocycles. The molecule has 6 nitrogen and oxygen atoms in total. The predicted octanol–water partition coefficient (Wildman–Crippen LogP) is 2.76. The number of rotatable bonds is 5. The molecule has 0 aliphatic rings. The molecule has 0 aliphatic carbocycles. The first-order chi connectivity index (χ1) is 13.6. The molecule has 0 saturated heterocycles. The number of amides is 1. The van der Waals surface area contributed by atoms with Crippen molar-refractivity contribution in [3.05, 3.63) is 79.6 Å². The number of carbonyl (C=O) groups is 1. The zero-order chi connectivity index (χ0) is 21.2. The maximum absolute atomic E-state index is 12.5. The van der Waals surface area contributed by atoms with E-state index >= 15 is 0 Å². The number of nitrogens with zero attached hydrogens (tertiary/aromatic N) is 1. The molecule has 0 bridgehead atoms. The van der Waals surface area contributed by atoms with Gasteiger partial charge in [0.1, 0.15) is 6.54 Å². The summed E-state index contributed by atoms with van der Waals surface area (Å²) in [7, 11) is 0. The van der Waals surface area contributed by atoms with Crippen LogP contribution in [-0.4, -0.2) is 21.6 Å². The van der Waals surface area contributed by atoms with Gasteiger partial charge in [-0.05, 0) is 28.5 Å². The fourth-order valence-electron chi connectivity index (χ4n) is 2.92. The molecular formula is C19H15ClF3N3O3. The first-order valence-corrected chi connectivity index (χ1v) is 8.83. The van der Waals surface area contributed by atoms with Gasteiger partial charge in [0.2, 0.25) is 5.91 Å². The lowest BCUT2D eigenvalue weighted by molar-refractivity contribution is -0.141. The highest BCUT2D eigenvalue weighted by molar-refractivity contribution is 6.31. The Morgan fingerprint density at radius 3 is 2.59 bits per heavy atom. The second-order valence-electron chi connectivity index (χ2n) is 6.40. The topological polar surface area (TPSA) is 84.0 Å². The number of fused-ring (bicyclic) bond motifs is 1. The van der Waals surface area contributed by atoms with Crippen LogP contribution in [0.5, 0.6) is 0 Å². The summed E-state index contributed by atoms with van der Waals surface area (Å²) in [6.45, 7) is -1.87. The van der Waals surface area contributed by atoms with Crippen LogP contribution >= 0.6 is 11.6 Å². The van der Waals surface area contributed by atoms with Crippen molar-refractivity contribution in [1.82, 2.24) is 14.9 Å². The number of benzene rings is 2. The lowest BCUT2D eigenvalue weighted by Gasteiger charge is -2.11. The number of aromatic amines is 1. The first kappa shape index (κ1) is 20.7. The minimum Gasteiger partial charge on any atom is -0.351 e. The average Bonchev–Trinajstić information content (AvgIpc) is 2.62. The number of aromatic nitrogens is 2. The second-order valence-corrected chi connectivity index (χ2v) is 6.83. The number of H-pyrrole nitrogens is 1. The van der Waals surface area contributed by atoms with Crippen molar-refractivity contribution in [3.63, 3.8) is 0 Å². The van der Waals surface area contributed by atoms with E-state index in [0.717, 1.165) is 17.0 Å². The zero-order valence-corrected chi connectivity index (χ0v) is 15.6. The summed E-state index contributed by atoms with van der Waals surface area (Å²) < 4.78 is 38.0. The molecule has 0 aliphatic heterocycles. The van der Waals surface area contributed by atoms with Crippen molar-refractivity contribution in [1.29, 1.82) is 0 Å². The van der Waals surface area contributed by atoms with E-state index < -0.39 is 29.9 Å². The van der Waals surface area contributed by atoms with E-state index in [1.54, 1.807) is 12.1 Å². The molecular weight excluding hydrogens is 411 g/mol. The van der Waals surface area contributed by atoms with Crippen molar-refractivity contribution in [2.75, 3.05) is 0 Å². The molecule has 3 aromatic rings. The van der Waals surface area contributed by atoms with Gasteiger partial charge in [0.25, 0.3) is 5.56 Å². The quantitative estimate of drug-likeness (QED) is 0.659. The van der Waals surface area contributed by atoms with Gasteiger partial charge < -0.3 is 5.32 Å².